The number of benzene rings is 1. The number of hydrogen-bond acceptors (Lipinski definition) is 1. The Kier molecular flexibility index (Phi) is 2.21. The average molecular weight is 339 g/mol. The highest BCUT2D eigenvalue weighted by Crippen LogP contribution is 2.35. The van der Waals surface area contributed by atoms with Crippen molar-refractivity contribution in [1.29, 1.82) is 0 Å². The van der Waals surface area contributed by atoms with Crippen LogP contribution in [-0.2, 0) is 0 Å². The van der Waals surface area contributed by atoms with Crippen molar-refractivity contribution in [3.05, 3.63) is 31.6 Å². The topological polar surface area (TPSA) is 0 Å². The second-order valence-electron chi connectivity index (χ2n) is 2.19. The van der Waals surface area contributed by atoms with Crippen LogP contribution in [0.3, 0.4) is 0 Å². The zero-order valence-corrected chi connectivity index (χ0v) is 10.0. The molecule has 2 aromatic rings. The zero-order chi connectivity index (χ0) is 7.84. The SMILES string of the molecule is Brc1sc2ccccc2c1I. The zero-order valence-electron chi connectivity index (χ0n) is 5.47. The molecule has 0 N–H and O–H groups in total. The predicted octanol–water partition coefficient (Wildman–Crippen LogP) is 4.27. The molecule has 1 heterocycles. The van der Waals surface area contributed by atoms with E-state index in [1.54, 1.807) is 11.3 Å². The first-order valence-corrected chi connectivity index (χ1v) is 5.80. The third-order valence-electron chi connectivity index (χ3n) is 1.50. The fourth-order valence-corrected chi connectivity index (χ4v) is 3.52. The maximum Gasteiger partial charge on any atom is 0.0844 e. The van der Waals surface area contributed by atoms with E-state index in [9.17, 15) is 0 Å². The summed E-state index contributed by atoms with van der Waals surface area (Å²) in [5.41, 5.74) is 0. The van der Waals surface area contributed by atoms with Crippen LogP contribution in [0.2, 0.25) is 0 Å². The molecular formula is C8H4BrIS. The van der Waals surface area contributed by atoms with Gasteiger partial charge in [0.15, 0.2) is 0 Å². The van der Waals surface area contributed by atoms with Gasteiger partial charge in [0.2, 0.25) is 0 Å². The van der Waals surface area contributed by atoms with Gasteiger partial charge in [-0.3, -0.25) is 0 Å². The molecule has 0 aliphatic rings. The summed E-state index contributed by atoms with van der Waals surface area (Å²) in [6, 6.07) is 8.44. The molecule has 0 spiro atoms. The van der Waals surface area contributed by atoms with E-state index in [4.69, 9.17) is 0 Å². The van der Waals surface area contributed by atoms with Crippen molar-refractivity contribution in [3.63, 3.8) is 0 Å². The van der Waals surface area contributed by atoms with Crippen molar-refractivity contribution in [2.75, 3.05) is 0 Å². The minimum absolute atomic E-state index is 1.24. The Morgan fingerprint density at radius 1 is 1.27 bits per heavy atom. The van der Waals surface area contributed by atoms with E-state index in [0.29, 0.717) is 0 Å². The van der Waals surface area contributed by atoms with E-state index >= 15 is 0 Å². The Hall–Kier alpha value is 0.390. The Morgan fingerprint density at radius 2 is 2.00 bits per heavy atom. The lowest BCUT2D eigenvalue weighted by molar-refractivity contribution is 1.82. The average Bonchev–Trinajstić information content (AvgIpc) is 2.30. The van der Waals surface area contributed by atoms with Gasteiger partial charge in [-0.05, 0) is 44.6 Å². The van der Waals surface area contributed by atoms with Crippen molar-refractivity contribution >= 4 is 59.9 Å². The highest BCUT2D eigenvalue weighted by atomic mass is 127. The summed E-state index contributed by atoms with van der Waals surface area (Å²) in [6.07, 6.45) is 0. The van der Waals surface area contributed by atoms with Crippen molar-refractivity contribution in [2.24, 2.45) is 0 Å². The third-order valence-corrected chi connectivity index (χ3v) is 5.56. The molecule has 0 unspecified atom stereocenters. The third kappa shape index (κ3) is 1.34. The van der Waals surface area contributed by atoms with E-state index in [1.165, 1.54) is 17.4 Å². The highest BCUT2D eigenvalue weighted by molar-refractivity contribution is 14.1. The first kappa shape index (κ1) is 8.01. The van der Waals surface area contributed by atoms with Gasteiger partial charge in [0, 0.05) is 13.7 Å². The summed E-state index contributed by atoms with van der Waals surface area (Å²) in [5, 5.41) is 1.35. The number of fused-ring (bicyclic) bond motifs is 1. The fourth-order valence-electron chi connectivity index (χ4n) is 0.984. The van der Waals surface area contributed by atoms with Crippen LogP contribution in [0.25, 0.3) is 10.1 Å². The lowest BCUT2D eigenvalue weighted by Crippen LogP contribution is -1.64. The fraction of sp³-hybridized carbons (Fsp3) is 0. The van der Waals surface area contributed by atoms with E-state index in [-0.39, 0.29) is 0 Å². The molecule has 0 bridgehead atoms. The number of hydrogen-bond donors (Lipinski definition) is 0. The van der Waals surface area contributed by atoms with Crippen molar-refractivity contribution in [2.45, 2.75) is 0 Å². The van der Waals surface area contributed by atoms with Crippen LogP contribution >= 0.6 is 49.9 Å². The van der Waals surface area contributed by atoms with Crippen LogP contribution in [0.15, 0.2) is 28.1 Å². The Bertz CT molecular complexity index is 394. The van der Waals surface area contributed by atoms with Gasteiger partial charge in [-0.15, -0.1) is 11.3 Å². The van der Waals surface area contributed by atoms with Crippen LogP contribution < -0.4 is 0 Å². The summed E-state index contributed by atoms with van der Waals surface area (Å²) in [4.78, 5) is 0. The Labute approximate surface area is 90.9 Å². The minimum atomic E-state index is 1.24. The van der Waals surface area contributed by atoms with Crippen molar-refractivity contribution in [3.8, 4) is 0 Å². The minimum Gasteiger partial charge on any atom is -0.127 e. The van der Waals surface area contributed by atoms with E-state index in [0.717, 1.165) is 0 Å². The second kappa shape index (κ2) is 3.03. The van der Waals surface area contributed by atoms with Gasteiger partial charge in [0.25, 0.3) is 0 Å². The molecule has 2 rings (SSSR count). The molecule has 11 heavy (non-hydrogen) atoms. The van der Waals surface area contributed by atoms with Crippen LogP contribution in [0.5, 0.6) is 0 Å². The summed E-state index contributed by atoms with van der Waals surface area (Å²) in [7, 11) is 0. The molecule has 0 fully saturated rings. The Morgan fingerprint density at radius 3 is 2.73 bits per heavy atom. The standard InChI is InChI=1S/C8H4BrIS/c9-8-7(10)5-3-1-2-4-6(5)11-8/h1-4H. The van der Waals surface area contributed by atoms with Gasteiger partial charge in [0.1, 0.15) is 0 Å². The summed E-state index contributed by atoms with van der Waals surface area (Å²) < 4.78 is 3.91. The second-order valence-corrected chi connectivity index (χ2v) is 5.63. The summed E-state index contributed by atoms with van der Waals surface area (Å²) in [6.45, 7) is 0. The lowest BCUT2D eigenvalue weighted by atomic mass is 10.3. The molecule has 1 aromatic carbocycles. The first-order chi connectivity index (χ1) is 5.29. The van der Waals surface area contributed by atoms with E-state index < -0.39 is 0 Å². The normalized spacial score (nSPS) is 10.7. The molecule has 1 aromatic heterocycles. The van der Waals surface area contributed by atoms with Crippen LogP contribution in [0.4, 0.5) is 0 Å². The molecule has 0 saturated heterocycles. The molecule has 0 radical (unpaired) electrons. The quantitative estimate of drug-likeness (QED) is 0.629. The molecular weight excluding hydrogens is 335 g/mol. The van der Waals surface area contributed by atoms with Crippen LogP contribution in [-0.4, -0.2) is 0 Å². The molecule has 3 heteroatoms. The molecule has 0 aliphatic carbocycles. The molecule has 56 valence electrons. The van der Waals surface area contributed by atoms with Crippen molar-refractivity contribution < 1.29 is 0 Å². The molecule has 0 amide bonds. The maximum atomic E-state index is 3.52. The van der Waals surface area contributed by atoms with Crippen molar-refractivity contribution in [1.82, 2.24) is 0 Å². The van der Waals surface area contributed by atoms with Gasteiger partial charge in [-0.25, -0.2) is 0 Å². The van der Waals surface area contributed by atoms with E-state index in [2.05, 4.69) is 62.8 Å². The number of thiophene rings is 1. The lowest BCUT2D eigenvalue weighted by Gasteiger charge is -1.86. The number of rotatable bonds is 0. The maximum absolute atomic E-state index is 3.52. The smallest absolute Gasteiger partial charge is 0.0844 e. The number of halogens is 2. The molecule has 0 nitrogen and oxygen atoms in total. The van der Waals surface area contributed by atoms with Gasteiger partial charge >= 0.3 is 0 Å². The van der Waals surface area contributed by atoms with Gasteiger partial charge in [0.05, 0.1) is 3.79 Å². The van der Waals surface area contributed by atoms with Gasteiger partial charge in [-0.1, -0.05) is 18.2 Å². The van der Waals surface area contributed by atoms with Gasteiger partial charge < -0.3 is 0 Å². The molecule has 0 atom stereocenters. The van der Waals surface area contributed by atoms with Crippen LogP contribution in [0, 0.1) is 3.57 Å². The first-order valence-electron chi connectivity index (χ1n) is 3.11. The van der Waals surface area contributed by atoms with Crippen LogP contribution in [0.1, 0.15) is 0 Å². The molecule has 0 aliphatic heterocycles. The predicted molar refractivity (Wildman–Crippen MR) is 62.2 cm³/mol. The summed E-state index contributed by atoms with van der Waals surface area (Å²) in [5.74, 6) is 0. The Balaban J connectivity index is 2.92. The van der Waals surface area contributed by atoms with Gasteiger partial charge in [-0.2, -0.15) is 0 Å². The largest absolute Gasteiger partial charge is 0.127 e. The summed E-state index contributed by atoms with van der Waals surface area (Å²) >= 11 is 7.67. The van der Waals surface area contributed by atoms with E-state index in [1.807, 2.05) is 0 Å². The molecule has 0 saturated carbocycles. The monoisotopic (exact) mass is 338 g/mol. The highest BCUT2D eigenvalue weighted by Gasteiger charge is 2.04.